The van der Waals surface area contributed by atoms with E-state index in [9.17, 15) is 0 Å². The second kappa shape index (κ2) is 11.8. The molecule has 1 aromatic rings. The van der Waals surface area contributed by atoms with Crippen molar-refractivity contribution in [2.24, 2.45) is 4.99 Å². The summed E-state index contributed by atoms with van der Waals surface area (Å²) in [5.74, 6) is 2.02. The zero-order chi connectivity index (χ0) is 14.8. The Morgan fingerprint density at radius 3 is 2.67 bits per heavy atom. The maximum absolute atomic E-state index is 5.35. The first kappa shape index (κ1) is 20.2. The minimum absolute atomic E-state index is 0. The van der Waals surface area contributed by atoms with Crippen molar-refractivity contribution < 1.29 is 9.26 Å². The Hall–Kier alpha value is -0.830. The molecule has 0 saturated heterocycles. The Bertz CT molecular complexity index is 405. The van der Waals surface area contributed by atoms with Crippen molar-refractivity contribution in [1.82, 2.24) is 15.8 Å². The molecular weight excluding hydrogens is 383 g/mol. The first-order valence-electron chi connectivity index (χ1n) is 7.14. The predicted molar refractivity (Wildman–Crippen MR) is 95.3 cm³/mol. The van der Waals surface area contributed by atoms with Gasteiger partial charge in [-0.2, -0.15) is 0 Å². The van der Waals surface area contributed by atoms with Crippen LogP contribution in [0.3, 0.4) is 0 Å². The fraction of sp³-hybridized carbons (Fsp3) is 0.714. The highest BCUT2D eigenvalue weighted by molar-refractivity contribution is 14.0. The van der Waals surface area contributed by atoms with Crippen molar-refractivity contribution in [3.63, 3.8) is 0 Å². The fourth-order valence-corrected chi connectivity index (χ4v) is 1.97. The largest absolute Gasteiger partial charge is 0.383 e. The van der Waals surface area contributed by atoms with Gasteiger partial charge in [-0.15, -0.1) is 24.0 Å². The predicted octanol–water partition coefficient (Wildman–Crippen LogP) is 2.51. The summed E-state index contributed by atoms with van der Waals surface area (Å²) in [7, 11) is 3.41. The van der Waals surface area contributed by atoms with Crippen LogP contribution in [0.1, 0.15) is 44.1 Å². The lowest BCUT2D eigenvalue weighted by molar-refractivity contribution is 0.203. The smallest absolute Gasteiger partial charge is 0.191 e. The van der Waals surface area contributed by atoms with Gasteiger partial charge in [0.2, 0.25) is 0 Å². The second-order valence-corrected chi connectivity index (χ2v) is 4.58. The van der Waals surface area contributed by atoms with Crippen LogP contribution in [0.5, 0.6) is 0 Å². The average molecular weight is 410 g/mol. The third kappa shape index (κ3) is 7.12. The molecule has 0 saturated carbocycles. The molecule has 21 heavy (non-hydrogen) atoms. The van der Waals surface area contributed by atoms with Crippen LogP contribution in [-0.4, -0.2) is 38.4 Å². The normalized spacial score (nSPS) is 11.4. The van der Waals surface area contributed by atoms with Crippen molar-refractivity contribution in [2.45, 2.75) is 39.2 Å². The Morgan fingerprint density at radius 1 is 1.38 bits per heavy atom. The van der Waals surface area contributed by atoms with E-state index in [1.54, 1.807) is 14.2 Å². The van der Waals surface area contributed by atoms with E-state index >= 15 is 0 Å². The Kier molecular flexibility index (Phi) is 11.3. The quantitative estimate of drug-likeness (QED) is 0.298. The second-order valence-electron chi connectivity index (χ2n) is 4.58. The van der Waals surface area contributed by atoms with Gasteiger partial charge in [0, 0.05) is 32.7 Å². The van der Waals surface area contributed by atoms with Gasteiger partial charge in [0.05, 0.1) is 18.8 Å². The van der Waals surface area contributed by atoms with Gasteiger partial charge < -0.3 is 19.9 Å². The fourth-order valence-electron chi connectivity index (χ4n) is 1.97. The van der Waals surface area contributed by atoms with Crippen LogP contribution in [0.15, 0.2) is 15.6 Å². The SMILES string of the molecule is CCC(CC)c1cc(CNC(=NC)NCCOC)on1.I. The minimum atomic E-state index is 0. The zero-order valence-electron chi connectivity index (χ0n) is 13.3. The summed E-state index contributed by atoms with van der Waals surface area (Å²) in [4.78, 5) is 4.13. The molecule has 0 fully saturated rings. The molecular formula is C14H27IN4O2. The Balaban J connectivity index is 0.00000400. The van der Waals surface area contributed by atoms with Crippen molar-refractivity contribution in [1.29, 1.82) is 0 Å². The van der Waals surface area contributed by atoms with Gasteiger partial charge >= 0.3 is 0 Å². The summed E-state index contributed by atoms with van der Waals surface area (Å²) in [6.45, 7) is 6.26. The van der Waals surface area contributed by atoms with E-state index < -0.39 is 0 Å². The molecule has 0 unspecified atom stereocenters. The third-order valence-electron chi connectivity index (χ3n) is 3.23. The lowest BCUT2D eigenvalue weighted by atomic mass is 9.99. The standard InChI is InChI=1S/C14H26N4O2.HI/c1-5-11(6-2)13-9-12(20-18-13)10-17-14(15-3)16-7-8-19-4;/h9,11H,5-8,10H2,1-4H3,(H2,15,16,17);1H. The summed E-state index contributed by atoms with van der Waals surface area (Å²) >= 11 is 0. The van der Waals surface area contributed by atoms with Crippen molar-refractivity contribution in [3.8, 4) is 0 Å². The molecule has 0 amide bonds. The van der Waals surface area contributed by atoms with Crippen molar-refractivity contribution >= 4 is 29.9 Å². The molecule has 0 bridgehead atoms. The van der Waals surface area contributed by atoms with Crippen LogP contribution < -0.4 is 10.6 Å². The molecule has 1 rings (SSSR count). The summed E-state index contributed by atoms with van der Waals surface area (Å²) in [5, 5.41) is 10.5. The van der Waals surface area contributed by atoms with E-state index in [0.29, 0.717) is 25.6 Å². The van der Waals surface area contributed by atoms with Gasteiger partial charge in [0.25, 0.3) is 0 Å². The average Bonchev–Trinajstić information content (AvgIpc) is 2.93. The highest BCUT2D eigenvalue weighted by Crippen LogP contribution is 2.22. The Labute approximate surface area is 144 Å². The number of methoxy groups -OCH3 is 1. The van der Waals surface area contributed by atoms with Crippen LogP contribution in [0.4, 0.5) is 0 Å². The zero-order valence-corrected chi connectivity index (χ0v) is 15.6. The van der Waals surface area contributed by atoms with Crippen LogP contribution >= 0.6 is 24.0 Å². The number of guanidine groups is 1. The number of aliphatic imine (C=N–C) groups is 1. The number of rotatable bonds is 8. The van der Waals surface area contributed by atoms with Crippen LogP contribution in [0.2, 0.25) is 0 Å². The van der Waals surface area contributed by atoms with Gasteiger partial charge in [-0.1, -0.05) is 19.0 Å². The molecule has 122 valence electrons. The lowest BCUT2D eigenvalue weighted by Crippen LogP contribution is -2.38. The van der Waals surface area contributed by atoms with Gasteiger partial charge in [-0.25, -0.2) is 0 Å². The number of ether oxygens (including phenoxy) is 1. The first-order chi connectivity index (χ1) is 9.74. The van der Waals surface area contributed by atoms with Gasteiger partial charge in [-0.05, 0) is 12.8 Å². The molecule has 0 aromatic carbocycles. The van der Waals surface area contributed by atoms with Crippen LogP contribution in [0, 0.1) is 0 Å². The molecule has 1 heterocycles. The highest BCUT2D eigenvalue weighted by atomic mass is 127. The first-order valence-corrected chi connectivity index (χ1v) is 7.14. The number of hydrogen-bond acceptors (Lipinski definition) is 4. The molecule has 0 aliphatic rings. The van der Waals surface area contributed by atoms with Crippen molar-refractivity contribution in [2.75, 3.05) is 27.3 Å². The summed E-state index contributed by atoms with van der Waals surface area (Å²) in [5.41, 5.74) is 1.04. The number of hydrogen-bond donors (Lipinski definition) is 2. The summed E-state index contributed by atoms with van der Waals surface area (Å²) in [6.07, 6.45) is 2.16. The molecule has 0 aliphatic heterocycles. The maximum atomic E-state index is 5.35. The van der Waals surface area contributed by atoms with E-state index in [0.717, 1.165) is 30.3 Å². The number of aromatic nitrogens is 1. The van der Waals surface area contributed by atoms with Gasteiger partial charge in [0.1, 0.15) is 0 Å². The number of nitrogens with one attached hydrogen (secondary N) is 2. The van der Waals surface area contributed by atoms with E-state index in [-0.39, 0.29) is 24.0 Å². The molecule has 0 aliphatic carbocycles. The number of halogens is 1. The highest BCUT2D eigenvalue weighted by Gasteiger charge is 2.12. The van der Waals surface area contributed by atoms with Crippen LogP contribution in [0.25, 0.3) is 0 Å². The Morgan fingerprint density at radius 2 is 2.10 bits per heavy atom. The summed E-state index contributed by atoms with van der Waals surface area (Å²) < 4.78 is 10.3. The molecule has 0 radical (unpaired) electrons. The molecule has 1 aromatic heterocycles. The molecule has 7 heteroatoms. The molecule has 0 spiro atoms. The monoisotopic (exact) mass is 410 g/mol. The van der Waals surface area contributed by atoms with E-state index in [1.165, 1.54) is 0 Å². The molecule has 6 nitrogen and oxygen atoms in total. The molecule has 0 atom stereocenters. The topological polar surface area (TPSA) is 71.7 Å². The van der Waals surface area contributed by atoms with E-state index in [2.05, 4.69) is 34.6 Å². The third-order valence-corrected chi connectivity index (χ3v) is 3.23. The molecule has 2 N–H and O–H groups in total. The summed E-state index contributed by atoms with van der Waals surface area (Å²) in [6, 6.07) is 2.02. The minimum Gasteiger partial charge on any atom is -0.383 e. The number of nitrogens with zero attached hydrogens (tertiary/aromatic N) is 2. The van der Waals surface area contributed by atoms with E-state index in [1.807, 2.05) is 6.07 Å². The van der Waals surface area contributed by atoms with Gasteiger partial charge in [-0.3, -0.25) is 4.99 Å². The van der Waals surface area contributed by atoms with E-state index in [4.69, 9.17) is 9.26 Å². The van der Waals surface area contributed by atoms with Crippen LogP contribution in [-0.2, 0) is 11.3 Å². The van der Waals surface area contributed by atoms with Crippen molar-refractivity contribution in [3.05, 3.63) is 17.5 Å². The maximum Gasteiger partial charge on any atom is 0.191 e. The van der Waals surface area contributed by atoms with Gasteiger partial charge in [0.15, 0.2) is 11.7 Å². The lowest BCUT2D eigenvalue weighted by Gasteiger charge is -2.09.